The summed E-state index contributed by atoms with van der Waals surface area (Å²) in [6.07, 6.45) is 0.864. The van der Waals surface area contributed by atoms with E-state index >= 15 is 0 Å². The van der Waals surface area contributed by atoms with E-state index in [1.165, 1.54) is 10.7 Å². The molecular formula is C14H15N3O4. The summed E-state index contributed by atoms with van der Waals surface area (Å²) in [6, 6.07) is 6.17. The monoisotopic (exact) mass is 289 g/mol. The molecule has 0 saturated heterocycles. The van der Waals surface area contributed by atoms with Crippen LogP contribution in [0.15, 0.2) is 24.3 Å². The number of aryl methyl sites for hydroxylation is 1. The highest BCUT2D eigenvalue weighted by Gasteiger charge is 2.25. The molecule has 0 amide bonds. The van der Waals surface area contributed by atoms with Crippen molar-refractivity contribution in [3.05, 3.63) is 51.3 Å². The molecule has 1 aromatic carbocycles. The molecule has 0 bridgehead atoms. The maximum Gasteiger partial charge on any atom is 0.339 e. The Hall–Kier alpha value is -2.70. The zero-order valence-corrected chi connectivity index (χ0v) is 11.7. The van der Waals surface area contributed by atoms with Gasteiger partial charge in [0, 0.05) is 6.07 Å². The molecule has 1 heterocycles. The maximum atomic E-state index is 11.4. The second kappa shape index (κ2) is 5.74. The van der Waals surface area contributed by atoms with Gasteiger partial charge in [0.2, 0.25) is 0 Å². The summed E-state index contributed by atoms with van der Waals surface area (Å²) >= 11 is 0. The van der Waals surface area contributed by atoms with Crippen LogP contribution in [-0.2, 0) is 12.8 Å². The predicted molar refractivity (Wildman–Crippen MR) is 75.9 cm³/mol. The van der Waals surface area contributed by atoms with Crippen molar-refractivity contribution >= 4 is 11.7 Å². The van der Waals surface area contributed by atoms with Gasteiger partial charge in [-0.15, -0.1) is 0 Å². The van der Waals surface area contributed by atoms with Crippen molar-refractivity contribution in [2.75, 3.05) is 0 Å². The van der Waals surface area contributed by atoms with Crippen LogP contribution in [0.25, 0.3) is 5.69 Å². The summed E-state index contributed by atoms with van der Waals surface area (Å²) in [5.41, 5.74) is 1.21. The molecule has 110 valence electrons. The lowest BCUT2D eigenvalue weighted by atomic mass is 10.1. The molecule has 1 aromatic heterocycles. The van der Waals surface area contributed by atoms with Gasteiger partial charge >= 0.3 is 5.97 Å². The number of nitro benzene ring substituents is 1. The van der Waals surface area contributed by atoms with Gasteiger partial charge in [-0.25, -0.2) is 9.48 Å². The van der Waals surface area contributed by atoms with Gasteiger partial charge in [0.25, 0.3) is 5.69 Å². The molecule has 0 aliphatic heterocycles. The zero-order valence-electron chi connectivity index (χ0n) is 11.7. The van der Waals surface area contributed by atoms with Gasteiger partial charge in [0.05, 0.1) is 16.3 Å². The molecule has 7 nitrogen and oxygen atoms in total. The van der Waals surface area contributed by atoms with E-state index in [9.17, 15) is 20.0 Å². The minimum atomic E-state index is -1.06. The van der Waals surface area contributed by atoms with E-state index in [0.29, 0.717) is 24.2 Å². The summed E-state index contributed by atoms with van der Waals surface area (Å²) in [4.78, 5) is 22.1. The van der Waals surface area contributed by atoms with Gasteiger partial charge in [-0.2, -0.15) is 5.10 Å². The number of rotatable bonds is 5. The first kappa shape index (κ1) is 14.7. The molecule has 2 aromatic rings. The second-order valence-corrected chi connectivity index (χ2v) is 4.44. The summed E-state index contributed by atoms with van der Waals surface area (Å²) in [5, 5.41) is 24.8. The zero-order chi connectivity index (χ0) is 15.6. The van der Waals surface area contributed by atoms with E-state index < -0.39 is 10.9 Å². The van der Waals surface area contributed by atoms with E-state index in [0.717, 1.165) is 0 Å². The maximum absolute atomic E-state index is 11.4. The Labute approximate surface area is 121 Å². The first-order valence-corrected chi connectivity index (χ1v) is 6.59. The fourth-order valence-corrected chi connectivity index (χ4v) is 2.32. The minimum Gasteiger partial charge on any atom is -0.478 e. The molecule has 2 rings (SSSR count). The number of aromatic nitrogens is 2. The fraction of sp³-hybridized carbons (Fsp3) is 0.286. The summed E-state index contributed by atoms with van der Waals surface area (Å²) in [6.45, 7) is 3.60. The fourth-order valence-electron chi connectivity index (χ4n) is 2.32. The molecule has 1 N–H and O–H groups in total. The van der Waals surface area contributed by atoms with Crippen molar-refractivity contribution < 1.29 is 14.8 Å². The van der Waals surface area contributed by atoms with Gasteiger partial charge < -0.3 is 5.11 Å². The third-order valence-corrected chi connectivity index (χ3v) is 3.24. The van der Waals surface area contributed by atoms with Crippen LogP contribution in [0.3, 0.4) is 0 Å². The molecule has 0 atom stereocenters. The van der Waals surface area contributed by atoms with Crippen LogP contribution in [0, 0.1) is 10.1 Å². The van der Waals surface area contributed by atoms with Crippen molar-refractivity contribution in [1.82, 2.24) is 9.78 Å². The SMILES string of the molecule is CCc1nn(-c2ccccc2[N+](=O)[O-])c(CC)c1C(=O)O. The van der Waals surface area contributed by atoms with E-state index in [2.05, 4.69) is 5.10 Å². The van der Waals surface area contributed by atoms with Crippen molar-refractivity contribution in [2.45, 2.75) is 26.7 Å². The molecule has 0 radical (unpaired) electrons. The summed E-state index contributed by atoms with van der Waals surface area (Å²) < 4.78 is 1.38. The minimum absolute atomic E-state index is 0.103. The highest BCUT2D eigenvalue weighted by Crippen LogP contribution is 2.26. The number of benzene rings is 1. The Morgan fingerprint density at radius 1 is 1.33 bits per heavy atom. The lowest BCUT2D eigenvalue weighted by molar-refractivity contribution is -0.384. The number of hydrogen-bond acceptors (Lipinski definition) is 4. The molecule has 0 saturated carbocycles. The summed E-state index contributed by atoms with van der Waals surface area (Å²) in [7, 11) is 0. The predicted octanol–water partition coefficient (Wildman–Crippen LogP) is 2.60. The van der Waals surface area contributed by atoms with Gasteiger partial charge in [-0.1, -0.05) is 26.0 Å². The average molecular weight is 289 g/mol. The van der Waals surface area contributed by atoms with Crippen LogP contribution in [0.5, 0.6) is 0 Å². The van der Waals surface area contributed by atoms with E-state index in [-0.39, 0.29) is 16.9 Å². The Balaban J connectivity index is 2.76. The van der Waals surface area contributed by atoms with E-state index in [1.54, 1.807) is 32.0 Å². The first-order valence-electron chi connectivity index (χ1n) is 6.59. The number of aromatic carboxylic acids is 1. The number of para-hydroxylation sites is 2. The quantitative estimate of drug-likeness (QED) is 0.673. The highest BCUT2D eigenvalue weighted by molar-refractivity contribution is 5.90. The highest BCUT2D eigenvalue weighted by atomic mass is 16.6. The van der Waals surface area contributed by atoms with Crippen LogP contribution in [0.4, 0.5) is 5.69 Å². The van der Waals surface area contributed by atoms with Crippen molar-refractivity contribution in [1.29, 1.82) is 0 Å². The first-order chi connectivity index (χ1) is 10.0. The second-order valence-electron chi connectivity index (χ2n) is 4.44. The molecule has 21 heavy (non-hydrogen) atoms. The molecule has 7 heteroatoms. The molecule has 0 spiro atoms. The summed E-state index contributed by atoms with van der Waals surface area (Å²) in [5.74, 6) is -1.06. The van der Waals surface area contributed by atoms with Crippen LogP contribution < -0.4 is 0 Å². The lowest BCUT2D eigenvalue weighted by Gasteiger charge is -2.07. The molecule has 0 aliphatic carbocycles. The van der Waals surface area contributed by atoms with Gasteiger partial charge in [-0.3, -0.25) is 10.1 Å². The Morgan fingerprint density at radius 3 is 2.52 bits per heavy atom. The van der Waals surface area contributed by atoms with Crippen LogP contribution in [0.1, 0.15) is 35.6 Å². The Morgan fingerprint density at radius 2 is 2.00 bits per heavy atom. The topological polar surface area (TPSA) is 98.3 Å². The number of hydrogen-bond donors (Lipinski definition) is 1. The average Bonchev–Trinajstić information content (AvgIpc) is 2.85. The van der Waals surface area contributed by atoms with Crippen LogP contribution >= 0.6 is 0 Å². The molecule has 0 unspecified atom stereocenters. The number of nitrogens with zero attached hydrogens (tertiary/aromatic N) is 3. The van der Waals surface area contributed by atoms with Gasteiger partial charge in [0.1, 0.15) is 11.3 Å². The number of carbonyl (C=O) groups is 1. The smallest absolute Gasteiger partial charge is 0.339 e. The number of carboxylic acid groups (broad SMARTS) is 1. The lowest BCUT2D eigenvalue weighted by Crippen LogP contribution is -2.07. The van der Waals surface area contributed by atoms with Gasteiger partial charge in [0.15, 0.2) is 0 Å². The normalized spacial score (nSPS) is 10.6. The number of nitro groups is 1. The third-order valence-electron chi connectivity index (χ3n) is 3.24. The molecule has 0 aliphatic rings. The van der Waals surface area contributed by atoms with Crippen LogP contribution in [0.2, 0.25) is 0 Å². The van der Waals surface area contributed by atoms with E-state index in [1.807, 2.05) is 0 Å². The van der Waals surface area contributed by atoms with Crippen molar-refractivity contribution in [3.8, 4) is 5.69 Å². The largest absolute Gasteiger partial charge is 0.478 e. The van der Waals surface area contributed by atoms with E-state index in [4.69, 9.17) is 0 Å². The Kier molecular flexibility index (Phi) is 4.02. The molecular weight excluding hydrogens is 274 g/mol. The van der Waals surface area contributed by atoms with Gasteiger partial charge in [-0.05, 0) is 18.9 Å². The third kappa shape index (κ3) is 2.49. The Bertz CT molecular complexity index is 706. The van der Waals surface area contributed by atoms with Crippen LogP contribution in [-0.4, -0.2) is 25.8 Å². The number of carboxylic acids is 1. The standard InChI is InChI=1S/C14H15N3O4/c1-3-9-13(14(18)19)10(4-2)16(15-9)11-7-5-6-8-12(11)17(20)21/h5-8H,3-4H2,1-2H3,(H,18,19). The van der Waals surface area contributed by atoms with Crippen molar-refractivity contribution in [3.63, 3.8) is 0 Å². The molecule has 0 fully saturated rings. The van der Waals surface area contributed by atoms with Crippen molar-refractivity contribution in [2.24, 2.45) is 0 Å².